The Bertz CT molecular complexity index is 939. The molecular formula is C21H25NO9. The monoisotopic (exact) mass is 435 g/mol. The summed E-state index contributed by atoms with van der Waals surface area (Å²) >= 11 is 0. The molecule has 3 fully saturated rings. The molecule has 4 rings (SSSR count). The average molecular weight is 435 g/mol. The van der Waals surface area contributed by atoms with Gasteiger partial charge in [0.05, 0.1) is 18.6 Å². The lowest BCUT2D eigenvalue weighted by Crippen LogP contribution is -2.60. The lowest BCUT2D eigenvalue weighted by Gasteiger charge is -2.47. The summed E-state index contributed by atoms with van der Waals surface area (Å²) in [4.78, 5) is 23.6. The van der Waals surface area contributed by atoms with Crippen molar-refractivity contribution in [2.75, 3.05) is 13.7 Å². The molecule has 10 nitrogen and oxygen atoms in total. The van der Waals surface area contributed by atoms with Crippen molar-refractivity contribution in [2.45, 2.75) is 63.7 Å². The number of nitrogens with zero attached hydrogens (tertiary/aromatic N) is 1. The maximum Gasteiger partial charge on any atom is 0.342 e. The molecule has 3 heterocycles. The minimum absolute atomic E-state index is 0.0331. The van der Waals surface area contributed by atoms with E-state index in [9.17, 15) is 14.9 Å². The van der Waals surface area contributed by atoms with Crippen molar-refractivity contribution in [3.63, 3.8) is 0 Å². The number of hydrogen-bond acceptors (Lipinski definition) is 9. The molecule has 0 unspecified atom stereocenters. The number of methoxy groups -OCH3 is 1. The van der Waals surface area contributed by atoms with Crippen LogP contribution in [0.1, 0.15) is 33.3 Å². The highest BCUT2D eigenvalue weighted by molar-refractivity contribution is 6.17. The summed E-state index contributed by atoms with van der Waals surface area (Å²) in [6.07, 6.45) is -2.42. The van der Waals surface area contributed by atoms with Gasteiger partial charge in [0, 0.05) is 12.1 Å². The van der Waals surface area contributed by atoms with Crippen LogP contribution in [-0.2, 0) is 33.2 Å². The summed E-state index contributed by atoms with van der Waals surface area (Å²) in [6, 6.07) is 5.70. The summed E-state index contributed by atoms with van der Waals surface area (Å²) < 4.78 is 35.2. The van der Waals surface area contributed by atoms with Gasteiger partial charge in [-0.2, -0.15) is 0 Å². The molecule has 3 saturated heterocycles. The molecule has 0 saturated carbocycles. The molecule has 0 spiro atoms. The van der Waals surface area contributed by atoms with Crippen LogP contribution in [0, 0.1) is 10.1 Å². The Balaban J connectivity index is 1.85. The number of non-ortho nitro benzene ring substituents is 1. The third-order valence-corrected chi connectivity index (χ3v) is 5.35. The van der Waals surface area contributed by atoms with E-state index in [4.69, 9.17) is 28.4 Å². The first kappa shape index (κ1) is 21.7. The second-order valence-electron chi connectivity index (χ2n) is 8.51. The topological polar surface area (TPSA) is 116 Å². The highest BCUT2D eigenvalue weighted by atomic mass is 16.8. The molecule has 3 aliphatic heterocycles. The zero-order chi connectivity index (χ0) is 22.6. The molecule has 10 heteroatoms. The van der Waals surface area contributed by atoms with Crippen molar-refractivity contribution in [3.05, 3.63) is 45.7 Å². The average Bonchev–Trinajstić information content (AvgIpc) is 3.04. The molecular weight excluding hydrogens is 410 g/mol. The Morgan fingerprint density at radius 3 is 2.52 bits per heavy atom. The molecule has 31 heavy (non-hydrogen) atoms. The predicted octanol–water partition coefficient (Wildman–Crippen LogP) is 2.55. The highest BCUT2D eigenvalue weighted by Gasteiger charge is 2.58. The van der Waals surface area contributed by atoms with Gasteiger partial charge in [-0.3, -0.25) is 10.1 Å². The number of hydrogen-bond donors (Lipinski definition) is 0. The van der Waals surface area contributed by atoms with E-state index in [1.807, 2.05) is 0 Å². The van der Waals surface area contributed by atoms with Crippen molar-refractivity contribution in [2.24, 2.45) is 0 Å². The van der Waals surface area contributed by atoms with E-state index in [0.29, 0.717) is 0 Å². The smallest absolute Gasteiger partial charge is 0.342 e. The molecule has 1 aromatic carbocycles. The number of benzene rings is 1. The Kier molecular flexibility index (Phi) is 5.29. The Morgan fingerprint density at radius 2 is 1.84 bits per heavy atom. The van der Waals surface area contributed by atoms with Gasteiger partial charge in [0.1, 0.15) is 29.6 Å². The maximum atomic E-state index is 12.8. The van der Waals surface area contributed by atoms with Gasteiger partial charge in [-0.1, -0.05) is 12.1 Å². The van der Waals surface area contributed by atoms with E-state index in [2.05, 4.69) is 0 Å². The first-order valence-electron chi connectivity index (χ1n) is 9.93. The number of carbonyl (C=O) groups is 1. The fourth-order valence-electron chi connectivity index (χ4n) is 4.10. The zero-order valence-corrected chi connectivity index (χ0v) is 17.9. The van der Waals surface area contributed by atoms with E-state index >= 15 is 0 Å². The number of esters is 1. The molecule has 0 aliphatic carbocycles. The van der Waals surface area contributed by atoms with Gasteiger partial charge in [0.15, 0.2) is 17.7 Å². The molecule has 4 atom stereocenters. The number of nitro benzene ring substituents is 1. The summed E-state index contributed by atoms with van der Waals surface area (Å²) in [6.45, 7) is 7.32. The van der Waals surface area contributed by atoms with Crippen molar-refractivity contribution in [3.8, 4) is 0 Å². The molecule has 0 radical (unpaired) electrons. The Hall–Kier alpha value is -2.53. The van der Waals surface area contributed by atoms with Crippen LogP contribution in [0.2, 0.25) is 0 Å². The number of fused-ring (bicyclic) bond motifs is 3. The van der Waals surface area contributed by atoms with Crippen LogP contribution in [0.25, 0.3) is 5.57 Å². The second kappa shape index (κ2) is 7.56. The molecule has 1 aromatic rings. The second-order valence-corrected chi connectivity index (χ2v) is 8.51. The molecule has 0 bridgehead atoms. The van der Waals surface area contributed by atoms with Crippen LogP contribution in [0.5, 0.6) is 0 Å². The van der Waals surface area contributed by atoms with E-state index < -0.39 is 46.9 Å². The van der Waals surface area contributed by atoms with E-state index in [1.54, 1.807) is 33.8 Å². The van der Waals surface area contributed by atoms with Crippen molar-refractivity contribution < 1.29 is 38.1 Å². The van der Waals surface area contributed by atoms with Gasteiger partial charge >= 0.3 is 5.97 Å². The molecule has 0 amide bonds. The SMILES string of the molecule is COC(=O)/C(=C1\O[C@@H]2COC(C)(C)O[C@H]2[C@@H]2OC(C)(C)O[C@H]12)c1cccc([N+](=O)[O-])c1. The van der Waals surface area contributed by atoms with Gasteiger partial charge in [-0.25, -0.2) is 4.79 Å². The fourth-order valence-corrected chi connectivity index (χ4v) is 4.10. The van der Waals surface area contributed by atoms with Crippen LogP contribution < -0.4 is 0 Å². The lowest BCUT2D eigenvalue weighted by atomic mass is 9.92. The van der Waals surface area contributed by atoms with E-state index in [1.165, 1.54) is 25.3 Å². The standard InChI is InChI=1S/C21H25NO9/c1-20(2)27-10-13-15(29-20)17-18(31-21(3,4)30-17)16(28-13)14(19(23)26-5)11-7-6-8-12(9-11)22(24)25/h6-9,13,15,17-18H,10H2,1-5H3/b16-14-/t13-,15-,17+,18-/m1/s1. The minimum atomic E-state index is -0.964. The first-order valence-corrected chi connectivity index (χ1v) is 9.93. The van der Waals surface area contributed by atoms with Gasteiger partial charge < -0.3 is 28.4 Å². The molecule has 3 aliphatic rings. The summed E-state index contributed by atoms with van der Waals surface area (Å²) in [7, 11) is 1.23. The maximum absolute atomic E-state index is 12.8. The molecule has 0 aromatic heterocycles. The molecule has 0 N–H and O–H groups in total. The summed E-state index contributed by atoms with van der Waals surface area (Å²) in [5.74, 6) is -2.33. The largest absolute Gasteiger partial charge is 0.486 e. The first-order chi connectivity index (χ1) is 14.5. The molecule has 168 valence electrons. The van der Waals surface area contributed by atoms with E-state index in [0.717, 1.165) is 0 Å². The Labute approximate surface area is 179 Å². The van der Waals surface area contributed by atoms with Crippen LogP contribution >= 0.6 is 0 Å². The van der Waals surface area contributed by atoms with Crippen LogP contribution in [0.3, 0.4) is 0 Å². The van der Waals surface area contributed by atoms with Gasteiger partial charge in [-0.15, -0.1) is 0 Å². The lowest BCUT2D eigenvalue weighted by molar-refractivity contribution is -0.384. The Morgan fingerprint density at radius 1 is 1.13 bits per heavy atom. The van der Waals surface area contributed by atoms with Gasteiger partial charge in [0.25, 0.3) is 5.69 Å². The zero-order valence-electron chi connectivity index (χ0n) is 17.9. The minimum Gasteiger partial charge on any atom is -0.486 e. The fraction of sp³-hybridized carbons (Fsp3) is 0.571. The van der Waals surface area contributed by atoms with Crippen LogP contribution in [0.4, 0.5) is 5.69 Å². The van der Waals surface area contributed by atoms with Gasteiger partial charge in [-0.05, 0) is 33.3 Å². The highest BCUT2D eigenvalue weighted by Crippen LogP contribution is 2.45. The third kappa shape index (κ3) is 4.03. The number of carbonyl (C=O) groups excluding carboxylic acids is 1. The normalized spacial score (nSPS) is 32.3. The van der Waals surface area contributed by atoms with E-state index in [-0.39, 0.29) is 29.2 Å². The number of nitro groups is 1. The quantitative estimate of drug-likeness (QED) is 0.306. The van der Waals surface area contributed by atoms with Crippen LogP contribution in [0.15, 0.2) is 30.0 Å². The number of ether oxygens (including phenoxy) is 6. The van der Waals surface area contributed by atoms with Gasteiger partial charge in [0.2, 0.25) is 0 Å². The van der Waals surface area contributed by atoms with Crippen LogP contribution in [-0.4, -0.2) is 60.6 Å². The van der Waals surface area contributed by atoms with Crippen molar-refractivity contribution in [1.29, 1.82) is 0 Å². The van der Waals surface area contributed by atoms with Crippen molar-refractivity contribution in [1.82, 2.24) is 0 Å². The third-order valence-electron chi connectivity index (χ3n) is 5.35. The summed E-state index contributed by atoms with van der Waals surface area (Å²) in [5.41, 5.74) is 0.144. The summed E-state index contributed by atoms with van der Waals surface area (Å²) in [5, 5.41) is 11.3. The van der Waals surface area contributed by atoms with Crippen molar-refractivity contribution >= 4 is 17.2 Å². The number of rotatable bonds is 3. The predicted molar refractivity (Wildman–Crippen MR) is 106 cm³/mol.